The third-order valence-corrected chi connectivity index (χ3v) is 9.58. The van der Waals surface area contributed by atoms with Crippen LogP contribution in [0.25, 0.3) is 32.8 Å². The Labute approximate surface area is 290 Å². The number of benzene rings is 3. The van der Waals surface area contributed by atoms with Crippen LogP contribution in [-0.4, -0.2) is 78.6 Å². The topological polar surface area (TPSA) is 94.9 Å². The van der Waals surface area contributed by atoms with Gasteiger partial charge in [-0.25, -0.2) is 4.79 Å². The van der Waals surface area contributed by atoms with E-state index in [1.165, 1.54) is 55.6 Å². The normalized spacial score (nSPS) is 16.2. The molecular formula is C35H33F9N4O4. The molecule has 1 aliphatic rings. The van der Waals surface area contributed by atoms with Crippen LogP contribution in [0.5, 0.6) is 0 Å². The monoisotopic (exact) mass is 744 g/mol. The van der Waals surface area contributed by atoms with E-state index < -0.39 is 97.4 Å². The van der Waals surface area contributed by atoms with Crippen LogP contribution >= 0.6 is 0 Å². The van der Waals surface area contributed by atoms with Crippen molar-refractivity contribution in [1.82, 2.24) is 14.8 Å². The molecule has 1 saturated heterocycles. The molecule has 0 aliphatic carbocycles. The second-order valence-electron chi connectivity index (χ2n) is 13.1. The number of carbonyl (C=O) groups is 2. The zero-order chi connectivity index (χ0) is 38.6. The second-order valence-corrected chi connectivity index (χ2v) is 13.1. The molecule has 1 atom stereocenters. The number of hydrogen-bond acceptors (Lipinski definition) is 5. The number of piperidine rings is 1. The number of nitrogens with zero attached hydrogens (tertiary/aromatic N) is 3. The first-order chi connectivity index (χ1) is 24.1. The smallest absolute Gasteiger partial charge is 0.417 e. The van der Waals surface area contributed by atoms with Gasteiger partial charge in [-0.1, -0.05) is 36.4 Å². The zero-order valence-electron chi connectivity index (χ0n) is 27.9. The first kappa shape index (κ1) is 38.4. The zero-order valence-corrected chi connectivity index (χ0v) is 27.9. The highest BCUT2D eigenvalue weighted by atomic mass is 19.4. The minimum absolute atomic E-state index is 0.0234. The molecule has 1 fully saturated rings. The number of amides is 1. The predicted octanol–water partition coefficient (Wildman–Crippen LogP) is 6.76. The fraction of sp³-hybridized carbons (Fsp3) is 0.400. The maximum absolute atomic E-state index is 14.9. The summed E-state index contributed by atoms with van der Waals surface area (Å²) in [6.07, 6.45) is -17.6. The number of carboxylic acids is 1. The third-order valence-electron chi connectivity index (χ3n) is 9.58. The van der Waals surface area contributed by atoms with Gasteiger partial charge in [-0.2, -0.15) is 39.5 Å². The van der Waals surface area contributed by atoms with Gasteiger partial charge in [0.25, 0.3) is 5.56 Å². The number of fused-ring (bicyclic) bond motifs is 2. The first-order valence-corrected chi connectivity index (χ1v) is 15.9. The molecule has 17 heteroatoms. The molecule has 2 heterocycles. The van der Waals surface area contributed by atoms with Crippen LogP contribution in [-0.2, 0) is 29.2 Å². The highest BCUT2D eigenvalue weighted by molar-refractivity contribution is 6.02. The standard InChI is InChI=1S/C35H33F9N4O4/c1-46(2)20-10-11-26-24(17-20)28(34(39,40)41)27(29(49)47(26)3)23-9-5-7-21-19(6-4-8-22(21)23)16-25(30(50)51)45-31(52)32(35(42,43)44)12-14-48(15-13-32)18-33(36,37)38/h4-11,17,25H,12-16,18H2,1-3H3,(H,45,52)(H,50,51)/t25-/m0/s1. The summed E-state index contributed by atoms with van der Waals surface area (Å²) in [4.78, 5) is 41.6. The van der Waals surface area contributed by atoms with E-state index in [9.17, 15) is 59.0 Å². The number of alkyl halides is 9. The molecule has 5 rings (SSSR count). The number of carbonyl (C=O) groups excluding carboxylic acids is 1. The quantitative estimate of drug-likeness (QED) is 0.194. The Bertz CT molecular complexity index is 2080. The van der Waals surface area contributed by atoms with Gasteiger partial charge in [-0.3, -0.25) is 14.5 Å². The van der Waals surface area contributed by atoms with Crippen LogP contribution in [0.2, 0.25) is 0 Å². The molecule has 52 heavy (non-hydrogen) atoms. The minimum atomic E-state index is -5.23. The lowest BCUT2D eigenvalue weighted by Crippen LogP contribution is -2.59. The molecule has 1 aromatic heterocycles. The van der Waals surface area contributed by atoms with Crippen molar-refractivity contribution >= 4 is 39.2 Å². The summed E-state index contributed by atoms with van der Waals surface area (Å²) < 4.78 is 128. The average molecular weight is 745 g/mol. The molecule has 3 aromatic carbocycles. The lowest BCUT2D eigenvalue weighted by Gasteiger charge is -2.42. The molecule has 0 unspecified atom stereocenters. The lowest BCUT2D eigenvalue weighted by atomic mass is 9.76. The number of hydrogen-bond donors (Lipinski definition) is 2. The first-order valence-electron chi connectivity index (χ1n) is 15.9. The van der Waals surface area contributed by atoms with Crippen molar-refractivity contribution < 1.29 is 54.2 Å². The molecule has 1 aliphatic heterocycles. The number of halogens is 9. The van der Waals surface area contributed by atoms with Gasteiger partial charge in [0.2, 0.25) is 5.91 Å². The number of anilines is 1. The number of pyridine rings is 1. The molecule has 280 valence electrons. The molecular weight excluding hydrogens is 711 g/mol. The van der Waals surface area contributed by atoms with Gasteiger partial charge in [0.05, 0.1) is 23.2 Å². The number of aryl methyl sites for hydroxylation is 1. The van der Waals surface area contributed by atoms with Gasteiger partial charge >= 0.3 is 24.5 Å². The van der Waals surface area contributed by atoms with Crippen molar-refractivity contribution in [1.29, 1.82) is 0 Å². The number of nitrogens with one attached hydrogen (secondary N) is 1. The van der Waals surface area contributed by atoms with Gasteiger partial charge < -0.3 is 19.9 Å². The summed E-state index contributed by atoms with van der Waals surface area (Å²) in [5.41, 5.74) is -5.56. The summed E-state index contributed by atoms with van der Waals surface area (Å²) in [5.74, 6) is -3.45. The summed E-state index contributed by atoms with van der Waals surface area (Å²) in [7, 11) is 4.61. The van der Waals surface area contributed by atoms with E-state index >= 15 is 0 Å². The van der Waals surface area contributed by atoms with E-state index in [-0.39, 0.29) is 32.8 Å². The summed E-state index contributed by atoms with van der Waals surface area (Å²) in [6, 6.07) is 10.6. The van der Waals surface area contributed by atoms with Crippen LogP contribution in [0.1, 0.15) is 24.0 Å². The number of likely N-dealkylation sites (tertiary alicyclic amines) is 1. The Morgan fingerprint density at radius 3 is 2.08 bits per heavy atom. The summed E-state index contributed by atoms with van der Waals surface area (Å²) >= 11 is 0. The van der Waals surface area contributed by atoms with Crippen molar-refractivity contribution in [2.75, 3.05) is 38.6 Å². The molecule has 0 radical (unpaired) electrons. The maximum Gasteiger partial charge on any atom is 0.417 e. The van der Waals surface area contributed by atoms with Gasteiger partial charge in [-0.15, -0.1) is 0 Å². The Balaban J connectivity index is 1.57. The second kappa shape index (κ2) is 13.6. The van der Waals surface area contributed by atoms with Gasteiger partial charge in [0, 0.05) is 38.6 Å². The van der Waals surface area contributed by atoms with Crippen LogP contribution < -0.4 is 15.8 Å². The Kier molecular flexibility index (Phi) is 10.1. The SMILES string of the molecule is CN(C)c1ccc2c(c1)c(C(F)(F)F)c(-c1cccc3c(C[C@H](NC(=O)C4(C(F)(F)F)CCN(CC(F)(F)F)CC4)C(=O)O)cccc13)c(=O)n2C. The van der Waals surface area contributed by atoms with Crippen molar-refractivity contribution in [3.63, 3.8) is 0 Å². The Morgan fingerprint density at radius 2 is 1.52 bits per heavy atom. The molecule has 1 amide bonds. The van der Waals surface area contributed by atoms with Gasteiger partial charge in [-0.05, 0) is 66.0 Å². The van der Waals surface area contributed by atoms with Crippen LogP contribution in [0.4, 0.5) is 45.2 Å². The van der Waals surface area contributed by atoms with E-state index in [0.717, 1.165) is 9.47 Å². The van der Waals surface area contributed by atoms with Crippen LogP contribution in [0, 0.1) is 5.41 Å². The third kappa shape index (κ3) is 7.27. The largest absolute Gasteiger partial charge is 0.480 e. The number of carboxylic acid groups (broad SMARTS) is 1. The highest BCUT2D eigenvalue weighted by Gasteiger charge is 2.61. The summed E-state index contributed by atoms with van der Waals surface area (Å²) in [6.45, 7) is -2.92. The molecule has 0 saturated carbocycles. The number of rotatable bonds is 8. The number of aliphatic carboxylic acids is 1. The average Bonchev–Trinajstić information content (AvgIpc) is 3.04. The minimum Gasteiger partial charge on any atom is -0.480 e. The van der Waals surface area contributed by atoms with Crippen molar-refractivity contribution in [2.24, 2.45) is 12.5 Å². The predicted molar refractivity (Wildman–Crippen MR) is 175 cm³/mol. The number of aromatic nitrogens is 1. The van der Waals surface area contributed by atoms with E-state index in [0.29, 0.717) is 5.69 Å². The lowest BCUT2D eigenvalue weighted by molar-refractivity contribution is -0.236. The maximum atomic E-state index is 14.9. The highest BCUT2D eigenvalue weighted by Crippen LogP contribution is 2.47. The van der Waals surface area contributed by atoms with Gasteiger partial charge in [0.15, 0.2) is 0 Å². The van der Waals surface area contributed by atoms with Crippen molar-refractivity contribution in [3.05, 3.63) is 76.1 Å². The van der Waals surface area contributed by atoms with Crippen LogP contribution in [0.15, 0.2) is 59.4 Å². The van der Waals surface area contributed by atoms with E-state index in [1.54, 1.807) is 25.1 Å². The fourth-order valence-electron chi connectivity index (χ4n) is 6.83. The van der Waals surface area contributed by atoms with Gasteiger partial charge in [0.1, 0.15) is 11.5 Å². The van der Waals surface area contributed by atoms with E-state index in [2.05, 4.69) is 0 Å². The van der Waals surface area contributed by atoms with Crippen molar-refractivity contribution in [2.45, 2.75) is 43.8 Å². The Hall–Kier alpha value is -4.80. The van der Waals surface area contributed by atoms with E-state index in [4.69, 9.17) is 0 Å². The van der Waals surface area contributed by atoms with Crippen LogP contribution in [0.3, 0.4) is 0 Å². The molecule has 0 spiro atoms. The molecule has 4 aromatic rings. The Morgan fingerprint density at radius 1 is 0.904 bits per heavy atom. The molecule has 8 nitrogen and oxygen atoms in total. The summed E-state index contributed by atoms with van der Waals surface area (Å²) in [5, 5.41) is 11.9. The molecule has 0 bridgehead atoms. The molecule has 2 N–H and O–H groups in total. The van der Waals surface area contributed by atoms with E-state index in [1.807, 2.05) is 5.32 Å². The van der Waals surface area contributed by atoms with Crippen molar-refractivity contribution in [3.8, 4) is 11.1 Å². The fourth-order valence-corrected chi connectivity index (χ4v) is 6.83.